The number of nitrogens with zero attached hydrogens (tertiary/aromatic N) is 2. The molecule has 3 aromatic rings. The van der Waals surface area contributed by atoms with Crippen LogP contribution in [0, 0.1) is 6.92 Å². The lowest BCUT2D eigenvalue weighted by Crippen LogP contribution is -2.17. The van der Waals surface area contributed by atoms with E-state index in [0.717, 1.165) is 48.2 Å². The van der Waals surface area contributed by atoms with Gasteiger partial charge in [0.1, 0.15) is 0 Å². The van der Waals surface area contributed by atoms with Crippen molar-refractivity contribution in [3.05, 3.63) is 52.8 Å². The fraction of sp³-hybridized carbons (Fsp3) is 0.333. The van der Waals surface area contributed by atoms with Gasteiger partial charge in [0.25, 0.3) is 0 Å². The molecule has 2 unspecified atom stereocenters. The van der Waals surface area contributed by atoms with Crippen LogP contribution in [0.4, 0.5) is 13.2 Å². The Kier molecular flexibility index (Phi) is 4.10. The Morgan fingerprint density at radius 2 is 2.08 bits per heavy atom. The summed E-state index contributed by atoms with van der Waals surface area (Å²) in [5.74, 6) is 0. The number of aromatic nitrogens is 3. The van der Waals surface area contributed by atoms with E-state index in [4.69, 9.17) is 0 Å². The van der Waals surface area contributed by atoms with E-state index in [-0.39, 0.29) is 15.9 Å². The molecule has 2 aromatic heterocycles. The highest BCUT2D eigenvalue weighted by Gasteiger charge is 2.32. The molecule has 0 spiro atoms. The predicted molar refractivity (Wildman–Crippen MR) is 92.2 cm³/mol. The van der Waals surface area contributed by atoms with E-state index in [9.17, 15) is 17.4 Å². The molecule has 0 amide bonds. The summed E-state index contributed by atoms with van der Waals surface area (Å²) in [6.45, 7) is 1.93. The first kappa shape index (κ1) is 17.2. The molecule has 0 fully saturated rings. The van der Waals surface area contributed by atoms with E-state index in [1.54, 1.807) is 6.20 Å². The van der Waals surface area contributed by atoms with Crippen molar-refractivity contribution in [3.8, 4) is 0 Å². The fourth-order valence-electron chi connectivity index (χ4n) is 3.33. The fourth-order valence-corrected chi connectivity index (χ4v) is 4.82. The molecule has 2 atom stereocenters. The number of fused-ring (bicyclic) bond motifs is 2. The summed E-state index contributed by atoms with van der Waals surface area (Å²) in [6, 6.07) is 5.28. The molecule has 0 radical (unpaired) electrons. The van der Waals surface area contributed by atoms with Gasteiger partial charge in [0.05, 0.1) is 32.6 Å². The third kappa shape index (κ3) is 3.02. The van der Waals surface area contributed by atoms with Crippen LogP contribution < -0.4 is 0 Å². The maximum atomic E-state index is 13.1. The molecule has 1 aliphatic carbocycles. The van der Waals surface area contributed by atoms with Crippen molar-refractivity contribution in [2.45, 2.75) is 42.8 Å². The number of halogens is 3. The molecular formula is C18H16F3N3OS. The van der Waals surface area contributed by atoms with E-state index >= 15 is 0 Å². The van der Waals surface area contributed by atoms with Gasteiger partial charge in [-0.2, -0.15) is 13.2 Å². The van der Waals surface area contributed by atoms with E-state index in [1.165, 1.54) is 6.07 Å². The maximum Gasteiger partial charge on any atom is 0.416 e. The summed E-state index contributed by atoms with van der Waals surface area (Å²) in [4.78, 5) is 11.5. The summed E-state index contributed by atoms with van der Waals surface area (Å²) >= 11 is 0. The molecule has 8 heteroatoms. The predicted octanol–water partition coefficient (Wildman–Crippen LogP) is 4.47. The zero-order valence-electron chi connectivity index (χ0n) is 13.9. The van der Waals surface area contributed by atoms with Gasteiger partial charge in [-0.05, 0) is 55.5 Å². The minimum absolute atomic E-state index is 0.207. The molecule has 4 nitrogen and oxygen atoms in total. The molecule has 0 aliphatic heterocycles. The standard InChI is InChI=1S/C18H16F3N3OS/c1-10-7-12-13(22-9-10)3-2-4-16(12)26(25)17-23-14-6-5-11(18(19,20)21)8-15(14)24-17/h5-9,16H,2-4H2,1H3,(H,23,24). The Bertz CT molecular complexity index is 1010. The average Bonchev–Trinajstić information content (AvgIpc) is 3.03. The summed E-state index contributed by atoms with van der Waals surface area (Å²) < 4.78 is 51.7. The molecule has 0 saturated heterocycles. The number of pyridine rings is 1. The van der Waals surface area contributed by atoms with Crippen LogP contribution in [0.3, 0.4) is 0 Å². The van der Waals surface area contributed by atoms with Gasteiger partial charge in [-0.25, -0.2) is 4.98 Å². The maximum absolute atomic E-state index is 13.1. The van der Waals surface area contributed by atoms with Crippen molar-refractivity contribution in [1.29, 1.82) is 0 Å². The van der Waals surface area contributed by atoms with Gasteiger partial charge in [-0.1, -0.05) is 6.07 Å². The van der Waals surface area contributed by atoms with Gasteiger partial charge >= 0.3 is 6.18 Å². The molecule has 1 N–H and O–H groups in total. The second-order valence-corrected chi connectivity index (χ2v) is 8.05. The number of rotatable bonds is 2. The number of H-pyrrole nitrogens is 1. The lowest BCUT2D eigenvalue weighted by atomic mass is 9.95. The number of aryl methyl sites for hydroxylation is 2. The SMILES string of the molecule is Cc1cnc2c(c1)C(S(=O)c1nc3ccc(C(F)(F)F)cc3[nH]1)CCC2. The lowest BCUT2D eigenvalue weighted by molar-refractivity contribution is -0.137. The summed E-state index contributed by atoms with van der Waals surface area (Å²) in [7, 11) is -1.49. The van der Waals surface area contributed by atoms with Crippen LogP contribution in [0.15, 0.2) is 35.6 Å². The molecule has 1 aliphatic rings. The molecule has 2 heterocycles. The van der Waals surface area contributed by atoms with Gasteiger partial charge in [-0.3, -0.25) is 9.19 Å². The Labute approximate surface area is 150 Å². The largest absolute Gasteiger partial charge is 0.416 e. The molecule has 4 rings (SSSR count). The van der Waals surface area contributed by atoms with Crippen molar-refractivity contribution >= 4 is 21.8 Å². The van der Waals surface area contributed by atoms with Crippen molar-refractivity contribution in [2.24, 2.45) is 0 Å². The highest BCUT2D eigenvalue weighted by molar-refractivity contribution is 7.85. The number of alkyl halides is 3. The molecule has 0 saturated carbocycles. The molecular weight excluding hydrogens is 363 g/mol. The highest BCUT2D eigenvalue weighted by atomic mass is 32.2. The third-order valence-corrected chi connectivity index (χ3v) is 6.18. The summed E-state index contributed by atoms with van der Waals surface area (Å²) in [5.41, 5.74) is 2.74. The van der Waals surface area contributed by atoms with E-state index in [1.807, 2.05) is 13.0 Å². The quantitative estimate of drug-likeness (QED) is 0.715. The number of aromatic amines is 1. The van der Waals surface area contributed by atoms with Gasteiger partial charge in [0.2, 0.25) is 0 Å². The van der Waals surface area contributed by atoms with Crippen LogP contribution in [-0.4, -0.2) is 19.2 Å². The highest BCUT2D eigenvalue weighted by Crippen LogP contribution is 2.36. The van der Waals surface area contributed by atoms with Crippen LogP contribution in [0.2, 0.25) is 0 Å². The molecule has 0 bridgehead atoms. The van der Waals surface area contributed by atoms with Gasteiger partial charge in [-0.15, -0.1) is 0 Å². The normalized spacial score (nSPS) is 18.7. The van der Waals surface area contributed by atoms with E-state index in [2.05, 4.69) is 15.0 Å². The monoisotopic (exact) mass is 379 g/mol. The van der Waals surface area contributed by atoms with Crippen molar-refractivity contribution < 1.29 is 17.4 Å². The minimum atomic E-state index is -4.43. The van der Waals surface area contributed by atoms with Crippen LogP contribution in [0.1, 0.15) is 40.5 Å². The molecule has 1 aromatic carbocycles. The van der Waals surface area contributed by atoms with Gasteiger partial charge in [0.15, 0.2) is 5.16 Å². The first-order chi connectivity index (χ1) is 12.3. The number of hydrogen-bond acceptors (Lipinski definition) is 3. The zero-order chi connectivity index (χ0) is 18.5. The van der Waals surface area contributed by atoms with Crippen molar-refractivity contribution in [3.63, 3.8) is 0 Å². The van der Waals surface area contributed by atoms with Crippen LogP contribution in [0.5, 0.6) is 0 Å². The summed E-state index contributed by atoms with van der Waals surface area (Å²) in [6.07, 6.45) is -0.181. The van der Waals surface area contributed by atoms with Crippen LogP contribution in [-0.2, 0) is 23.4 Å². The number of hydrogen-bond donors (Lipinski definition) is 1. The molecule has 26 heavy (non-hydrogen) atoms. The smallest absolute Gasteiger partial charge is 0.331 e. The minimum Gasteiger partial charge on any atom is -0.331 e. The van der Waals surface area contributed by atoms with Crippen molar-refractivity contribution in [1.82, 2.24) is 15.0 Å². The first-order valence-electron chi connectivity index (χ1n) is 8.26. The Hall–Kier alpha value is -2.22. The topological polar surface area (TPSA) is 58.6 Å². The van der Waals surface area contributed by atoms with Gasteiger partial charge < -0.3 is 4.98 Å². The lowest BCUT2D eigenvalue weighted by Gasteiger charge is -2.23. The first-order valence-corrected chi connectivity index (χ1v) is 9.47. The number of imidazole rings is 1. The second-order valence-electron chi connectivity index (χ2n) is 6.50. The zero-order valence-corrected chi connectivity index (χ0v) is 14.7. The van der Waals surface area contributed by atoms with E-state index < -0.39 is 22.5 Å². The number of nitrogens with one attached hydrogen (secondary N) is 1. The number of benzene rings is 1. The molecule has 136 valence electrons. The summed E-state index contributed by atoms with van der Waals surface area (Å²) in [5, 5.41) is -0.0486. The van der Waals surface area contributed by atoms with Crippen LogP contribution in [0.25, 0.3) is 11.0 Å². The van der Waals surface area contributed by atoms with E-state index in [0.29, 0.717) is 5.52 Å². The van der Waals surface area contributed by atoms with Crippen molar-refractivity contribution in [2.75, 3.05) is 0 Å². The Morgan fingerprint density at radius 1 is 1.27 bits per heavy atom. The van der Waals surface area contributed by atoms with Gasteiger partial charge in [0, 0.05) is 11.9 Å². The Morgan fingerprint density at radius 3 is 2.85 bits per heavy atom. The average molecular weight is 379 g/mol. The second kappa shape index (κ2) is 6.19. The Balaban J connectivity index is 1.72. The van der Waals surface area contributed by atoms with Crippen LogP contribution >= 0.6 is 0 Å². The third-order valence-electron chi connectivity index (χ3n) is 4.60.